The Morgan fingerprint density at radius 3 is 2.60 bits per heavy atom. The smallest absolute Gasteiger partial charge is 0.0640 e. The molecule has 3 N–H and O–H groups in total. The molecule has 0 aliphatic rings. The molecule has 2 nitrogen and oxygen atoms in total. The van der Waals surface area contributed by atoms with E-state index in [4.69, 9.17) is 29.0 Å². The molecular weight excluding hydrogens is 291 g/mol. The van der Waals surface area contributed by atoms with Gasteiger partial charge in [-0.15, -0.1) is 0 Å². The van der Waals surface area contributed by atoms with Gasteiger partial charge in [-0.1, -0.05) is 65.2 Å². The Morgan fingerprint density at radius 2 is 1.90 bits per heavy atom. The summed E-state index contributed by atoms with van der Waals surface area (Å²) < 4.78 is 0. The molecule has 2 rings (SSSR count). The molecule has 20 heavy (non-hydrogen) atoms. The Kier molecular flexibility index (Phi) is 5.44. The lowest BCUT2D eigenvalue weighted by Crippen LogP contribution is -2.28. The van der Waals surface area contributed by atoms with Gasteiger partial charge in [-0.25, -0.2) is 0 Å². The van der Waals surface area contributed by atoms with Crippen LogP contribution in [0.5, 0.6) is 0 Å². The third kappa shape index (κ3) is 3.74. The molecule has 2 aromatic rings. The van der Waals surface area contributed by atoms with Crippen LogP contribution in [0.25, 0.3) is 0 Å². The van der Waals surface area contributed by atoms with Crippen LogP contribution in [0.4, 0.5) is 0 Å². The number of hydrazine groups is 1. The Morgan fingerprint density at radius 1 is 1.15 bits per heavy atom. The maximum Gasteiger partial charge on any atom is 0.0640 e. The highest BCUT2D eigenvalue weighted by Gasteiger charge is 2.15. The molecule has 0 saturated heterocycles. The van der Waals surface area contributed by atoms with E-state index in [-0.39, 0.29) is 6.04 Å². The van der Waals surface area contributed by atoms with E-state index in [0.29, 0.717) is 10.0 Å². The molecule has 0 aliphatic carbocycles. The van der Waals surface area contributed by atoms with Crippen molar-refractivity contribution in [3.8, 4) is 0 Å². The van der Waals surface area contributed by atoms with Crippen LogP contribution in [0.3, 0.4) is 0 Å². The number of hydrogen-bond acceptors (Lipinski definition) is 2. The standard InChI is InChI=1S/C16H18Cl2N2/c1-11-4-2-5-12(10-11)8-9-15(20-19)13-6-3-7-14(17)16(13)18/h2-7,10,15,20H,8-9,19H2,1H3. The number of halogens is 2. The van der Waals surface area contributed by atoms with Crippen molar-refractivity contribution in [3.05, 3.63) is 69.2 Å². The van der Waals surface area contributed by atoms with Crippen LogP contribution in [-0.2, 0) is 6.42 Å². The molecule has 0 saturated carbocycles. The van der Waals surface area contributed by atoms with E-state index in [1.54, 1.807) is 6.07 Å². The van der Waals surface area contributed by atoms with Gasteiger partial charge in [-0.2, -0.15) is 0 Å². The van der Waals surface area contributed by atoms with Gasteiger partial charge >= 0.3 is 0 Å². The van der Waals surface area contributed by atoms with Crippen molar-refractivity contribution in [3.63, 3.8) is 0 Å². The Balaban J connectivity index is 2.11. The number of aryl methyl sites for hydroxylation is 2. The van der Waals surface area contributed by atoms with Crippen LogP contribution in [0.15, 0.2) is 42.5 Å². The second kappa shape index (κ2) is 7.09. The first-order valence-corrected chi connectivity index (χ1v) is 7.33. The van der Waals surface area contributed by atoms with Crippen molar-refractivity contribution in [2.24, 2.45) is 5.84 Å². The summed E-state index contributed by atoms with van der Waals surface area (Å²) in [4.78, 5) is 0. The molecule has 1 atom stereocenters. The summed E-state index contributed by atoms with van der Waals surface area (Å²) in [6.45, 7) is 2.09. The van der Waals surface area contributed by atoms with Gasteiger partial charge in [0.1, 0.15) is 0 Å². The zero-order valence-electron chi connectivity index (χ0n) is 11.4. The maximum atomic E-state index is 6.25. The minimum Gasteiger partial charge on any atom is -0.271 e. The minimum atomic E-state index is -0.0123. The summed E-state index contributed by atoms with van der Waals surface area (Å²) in [5.41, 5.74) is 6.33. The molecular formula is C16H18Cl2N2. The van der Waals surface area contributed by atoms with Crippen molar-refractivity contribution in [2.45, 2.75) is 25.8 Å². The highest BCUT2D eigenvalue weighted by Crippen LogP contribution is 2.31. The third-order valence-corrected chi connectivity index (χ3v) is 4.20. The van der Waals surface area contributed by atoms with Crippen LogP contribution in [0.2, 0.25) is 10.0 Å². The van der Waals surface area contributed by atoms with Crippen LogP contribution >= 0.6 is 23.2 Å². The van der Waals surface area contributed by atoms with E-state index < -0.39 is 0 Å². The van der Waals surface area contributed by atoms with Crippen molar-refractivity contribution in [1.29, 1.82) is 0 Å². The molecule has 0 fully saturated rings. The van der Waals surface area contributed by atoms with Gasteiger partial charge in [-0.3, -0.25) is 11.3 Å². The van der Waals surface area contributed by atoms with Crippen molar-refractivity contribution < 1.29 is 0 Å². The SMILES string of the molecule is Cc1cccc(CCC(NN)c2cccc(Cl)c2Cl)c1. The number of nitrogens with one attached hydrogen (secondary N) is 1. The van der Waals surface area contributed by atoms with Gasteiger partial charge < -0.3 is 0 Å². The molecule has 4 heteroatoms. The molecule has 0 spiro atoms. The third-order valence-electron chi connectivity index (χ3n) is 3.36. The number of nitrogens with two attached hydrogens (primary N) is 1. The molecule has 0 amide bonds. The average molecular weight is 309 g/mol. The van der Waals surface area contributed by atoms with Gasteiger partial charge in [0.25, 0.3) is 0 Å². The molecule has 1 unspecified atom stereocenters. The quantitative estimate of drug-likeness (QED) is 0.633. The molecule has 0 heterocycles. The lowest BCUT2D eigenvalue weighted by Gasteiger charge is -2.18. The molecule has 0 aliphatic heterocycles. The summed E-state index contributed by atoms with van der Waals surface area (Å²) in [7, 11) is 0. The summed E-state index contributed by atoms with van der Waals surface area (Å²) in [6.07, 6.45) is 1.79. The first-order valence-electron chi connectivity index (χ1n) is 6.57. The Bertz CT molecular complexity index is 584. The summed E-state index contributed by atoms with van der Waals surface area (Å²) in [6, 6.07) is 14.1. The van der Waals surface area contributed by atoms with Crippen LogP contribution in [-0.4, -0.2) is 0 Å². The van der Waals surface area contributed by atoms with Gasteiger partial charge in [0.2, 0.25) is 0 Å². The molecule has 0 bridgehead atoms. The van der Waals surface area contributed by atoms with Crippen LogP contribution in [0.1, 0.15) is 29.2 Å². The molecule has 0 radical (unpaired) electrons. The molecule has 0 aromatic heterocycles. The Hall–Kier alpha value is -1.06. The predicted octanol–water partition coefficient (Wildman–Crippen LogP) is 4.44. The topological polar surface area (TPSA) is 38.0 Å². The van der Waals surface area contributed by atoms with E-state index in [1.807, 2.05) is 12.1 Å². The number of rotatable bonds is 5. The fraction of sp³-hybridized carbons (Fsp3) is 0.250. The maximum absolute atomic E-state index is 6.25. The second-order valence-electron chi connectivity index (χ2n) is 4.89. The summed E-state index contributed by atoms with van der Waals surface area (Å²) in [5, 5.41) is 1.13. The number of hydrogen-bond donors (Lipinski definition) is 2. The molecule has 106 valence electrons. The normalized spacial score (nSPS) is 12.4. The van der Waals surface area contributed by atoms with Gasteiger partial charge in [-0.05, 0) is 37.0 Å². The van der Waals surface area contributed by atoms with E-state index >= 15 is 0 Å². The van der Waals surface area contributed by atoms with Crippen molar-refractivity contribution >= 4 is 23.2 Å². The second-order valence-corrected chi connectivity index (χ2v) is 5.68. The fourth-order valence-corrected chi connectivity index (χ4v) is 2.74. The minimum absolute atomic E-state index is 0.0123. The van der Waals surface area contributed by atoms with E-state index in [2.05, 4.69) is 36.6 Å². The monoisotopic (exact) mass is 308 g/mol. The van der Waals surface area contributed by atoms with E-state index in [9.17, 15) is 0 Å². The summed E-state index contributed by atoms with van der Waals surface area (Å²) in [5.74, 6) is 5.67. The molecule has 2 aromatic carbocycles. The Labute approximate surface area is 129 Å². The zero-order chi connectivity index (χ0) is 14.5. The van der Waals surface area contributed by atoms with Gasteiger partial charge in [0.15, 0.2) is 0 Å². The predicted molar refractivity (Wildman–Crippen MR) is 86.0 cm³/mol. The van der Waals surface area contributed by atoms with Crippen molar-refractivity contribution in [2.75, 3.05) is 0 Å². The van der Waals surface area contributed by atoms with Gasteiger partial charge in [0, 0.05) is 6.04 Å². The first kappa shape index (κ1) is 15.3. The average Bonchev–Trinajstić information content (AvgIpc) is 2.44. The zero-order valence-corrected chi connectivity index (χ0v) is 12.9. The fourth-order valence-electron chi connectivity index (χ4n) is 2.30. The van der Waals surface area contributed by atoms with E-state index in [1.165, 1.54) is 11.1 Å². The van der Waals surface area contributed by atoms with Gasteiger partial charge in [0.05, 0.1) is 10.0 Å². The van der Waals surface area contributed by atoms with E-state index in [0.717, 1.165) is 18.4 Å². The lowest BCUT2D eigenvalue weighted by atomic mass is 9.98. The highest BCUT2D eigenvalue weighted by atomic mass is 35.5. The van der Waals surface area contributed by atoms with Crippen molar-refractivity contribution in [1.82, 2.24) is 5.43 Å². The highest BCUT2D eigenvalue weighted by molar-refractivity contribution is 6.42. The largest absolute Gasteiger partial charge is 0.271 e. The number of benzene rings is 2. The lowest BCUT2D eigenvalue weighted by molar-refractivity contribution is 0.516. The van der Waals surface area contributed by atoms with Crippen LogP contribution < -0.4 is 11.3 Å². The van der Waals surface area contributed by atoms with Crippen LogP contribution in [0, 0.1) is 6.92 Å². The first-order chi connectivity index (χ1) is 9.61. The summed E-state index contributed by atoms with van der Waals surface area (Å²) >= 11 is 12.3.